The van der Waals surface area contributed by atoms with Gasteiger partial charge in [-0.2, -0.15) is 0 Å². The van der Waals surface area contributed by atoms with E-state index >= 15 is 0 Å². The van der Waals surface area contributed by atoms with Crippen LogP contribution in [0.4, 0.5) is 0 Å². The fourth-order valence-corrected chi connectivity index (χ4v) is 4.92. The molecule has 1 heterocycles. The molecule has 1 aliphatic rings. The van der Waals surface area contributed by atoms with E-state index in [9.17, 15) is 14.7 Å². The number of allylic oxidation sites excluding steroid dienone is 2. The highest BCUT2D eigenvalue weighted by atomic mass is 35.5. The normalized spacial score (nSPS) is 15.8. The number of carbonyl (C=O) groups is 2. The van der Waals surface area contributed by atoms with E-state index in [1.807, 2.05) is 50.3 Å². The van der Waals surface area contributed by atoms with Crippen molar-refractivity contribution in [1.82, 2.24) is 4.90 Å². The van der Waals surface area contributed by atoms with Gasteiger partial charge in [-0.3, -0.25) is 4.79 Å². The summed E-state index contributed by atoms with van der Waals surface area (Å²) in [7, 11) is 0. The van der Waals surface area contributed by atoms with Gasteiger partial charge in [-0.05, 0) is 37.6 Å². The first kappa shape index (κ1) is 22.5. The van der Waals surface area contributed by atoms with Gasteiger partial charge in [0.2, 0.25) is 0 Å². The molecular weight excluding hydrogens is 441 g/mol. The fraction of sp³-hybridized carbons (Fsp3) is 0.217. The second kappa shape index (κ2) is 9.73. The Morgan fingerprint density at radius 1 is 1.17 bits per heavy atom. The van der Waals surface area contributed by atoms with Crippen LogP contribution in [0.1, 0.15) is 41.4 Å². The van der Waals surface area contributed by atoms with Gasteiger partial charge in [0, 0.05) is 28.9 Å². The third kappa shape index (κ3) is 5.09. The zero-order chi connectivity index (χ0) is 21.8. The molecule has 1 amide bonds. The van der Waals surface area contributed by atoms with Crippen molar-refractivity contribution in [3.8, 4) is 0 Å². The molecule has 0 saturated heterocycles. The summed E-state index contributed by atoms with van der Waals surface area (Å²) < 4.78 is 0. The van der Waals surface area contributed by atoms with Gasteiger partial charge in [0.15, 0.2) is 0 Å². The summed E-state index contributed by atoms with van der Waals surface area (Å²) in [5, 5.41) is 10.4. The second-order valence-electron chi connectivity index (χ2n) is 7.12. The monoisotopic (exact) mass is 461 g/mol. The van der Waals surface area contributed by atoms with E-state index < -0.39 is 5.97 Å². The van der Waals surface area contributed by atoms with Crippen molar-refractivity contribution in [3.63, 3.8) is 0 Å². The minimum absolute atomic E-state index is 0.0741. The van der Waals surface area contributed by atoms with Gasteiger partial charge in [-0.1, -0.05) is 65.2 Å². The lowest BCUT2D eigenvalue weighted by Gasteiger charge is -2.24. The number of nitrogens with zero attached hydrogens (tertiary/aromatic N) is 1. The molecule has 0 radical (unpaired) electrons. The number of carboxylic acid groups (broad SMARTS) is 1. The maximum atomic E-state index is 13.4. The molecule has 0 fully saturated rings. The Morgan fingerprint density at radius 2 is 1.87 bits per heavy atom. The number of hydrogen-bond donors (Lipinski definition) is 1. The number of aliphatic carboxylic acids is 1. The van der Waals surface area contributed by atoms with Crippen molar-refractivity contribution in [3.05, 3.63) is 92.0 Å². The van der Waals surface area contributed by atoms with Crippen LogP contribution in [0, 0.1) is 0 Å². The van der Waals surface area contributed by atoms with E-state index in [0.717, 1.165) is 11.1 Å². The van der Waals surface area contributed by atoms with Crippen LogP contribution in [0.5, 0.6) is 0 Å². The Balaban J connectivity index is 2.02. The molecule has 2 aromatic rings. The number of carboxylic acids is 1. The zero-order valence-electron chi connectivity index (χ0n) is 16.6. The molecule has 0 bridgehead atoms. The first-order chi connectivity index (χ1) is 14.3. The van der Waals surface area contributed by atoms with E-state index in [4.69, 9.17) is 23.2 Å². The predicted octanol–water partition coefficient (Wildman–Crippen LogP) is 6.58. The molecule has 156 valence electrons. The van der Waals surface area contributed by atoms with Crippen molar-refractivity contribution < 1.29 is 14.7 Å². The molecule has 1 N–H and O–H groups in total. The van der Waals surface area contributed by atoms with Gasteiger partial charge in [-0.25, -0.2) is 4.79 Å². The highest BCUT2D eigenvalue weighted by Gasteiger charge is 2.35. The van der Waals surface area contributed by atoms with Crippen LogP contribution >= 0.6 is 35.0 Å². The molecule has 1 unspecified atom stereocenters. The Bertz CT molecular complexity index is 1030. The van der Waals surface area contributed by atoms with Crippen LogP contribution in [-0.2, 0) is 4.79 Å². The average molecular weight is 462 g/mol. The van der Waals surface area contributed by atoms with Crippen LogP contribution in [-0.4, -0.2) is 28.4 Å². The summed E-state index contributed by atoms with van der Waals surface area (Å²) in [5.74, 6) is -1.39. The molecule has 4 nitrogen and oxygen atoms in total. The molecule has 0 aliphatic carbocycles. The summed E-state index contributed by atoms with van der Waals surface area (Å²) >= 11 is 13.5. The quantitative estimate of drug-likeness (QED) is 0.493. The number of amides is 1. The zero-order valence-corrected chi connectivity index (χ0v) is 18.9. The summed E-state index contributed by atoms with van der Waals surface area (Å²) in [6.45, 7) is 4.12. The molecule has 30 heavy (non-hydrogen) atoms. The van der Waals surface area contributed by atoms with Crippen molar-refractivity contribution in [2.75, 3.05) is 6.54 Å². The molecule has 0 spiro atoms. The Morgan fingerprint density at radius 3 is 2.47 bits per heavy atom. The SMILES string of the molecule is CC(C)=CCN(C(=O)c1ccc(Cl)cc1Cl)C1=C(C(=O)O)SC(c2ccccc2)C1. The molecule has 1 atom stereocenters. The summed E-state index contributed by atoms with van der Waals surface area (Å²) in [5.41, 5.74) is 2.83. The first-order valence-electron chi connectivity index (χ1n) is 9.36. The Kier molecular flexibility index (Phi) is 7.29. The smallest absolute Gasteiger partial charge is 0.343 e. The minimum atomic E-state index is -1.04. The highest BCUT2D eigenvalue weighted by Crippen LogP contribution is 2.49. The number of rotatable bonds is 6. The van der Waals surface area contributed by atoms with E-state index in [2.05, 4.69) is 0 Å². The topological polar surface area (TPSA) is 57.6 Å². The van der Waals surface area contributed by atoms with Crippen molar-refractivity contribution in [1.29, 1.82) is 0 Å². The number of halogens is 2. The van der Waals surface area contributed by atoms with E-state index in [1.54, 1.807) is 12.1 Å². The van der Waals surface area contributed by atoms with E-state index in [1.165, 1.54) is 22.7 Å². The van der Waals surface area contributed by atoms with E-state index in [-0.39, 0.29) is 33.2 Å². The Hall–Kier alpha value is -2.21. The van der Waals surface area contributed by atoms with Gasteiger partial charge >= 0.3 is 5.97 Å². The minimum Gasteiger partial charge on any atom is -0.477 e. The lowest BCUT2D eigenvalue weighted by atomic mass is 10.1. The third-order valence-corrected chi connectivity index (χ3v) is 6.60. The molecule has 2 aromatic carbocycles. The van der Waals surface area contributed by atoms with Crippen molar-refractivity contribution in [2.24, 2.45) is 0 Å². The van der Waals surface area contributed by atoms with Gasteiger partial charge < -0.3 is 10.0 Å². The Labute approximate surface area is 190 Å². The molecule has 0 saturated carbocycles. The van der Waals surface area contributed by atoms with Gasteiger partial charge in [-0.15, -0.1) is 11.8 Å². The van der Waals surface area contributed by atoms with Crippen LogP contribution in [0.15, 0.2) is 70.8 Å². The molecule has 7 heteroatoms. The van der Waals surface area contributed by atoms with Gasteiger partial charge in [0.05, 0.1) is 10.6 Å². The fourth-order valence-electron chi connectivity index (χ4n) is 3.18. The molecule has 0 aromatic heterocycles. The second-order valence-corrected chi connectivity index (χ2v) is 9.18. The number of benzene rings is 2. The number of thioether (sulfide) groups is 1. The van der Waals surface area contributed by atoms with Crippen LogP contribution in [0.25, 0.3) is 0 Å². The van der Waals surface area contributed by atoms with Crippen LogP contribution in [0.2, 0.25) is 10.0 Å². The summed E-state index contributed by atoms with van der Waals surface area (Å²) in [6, 6.07) is 14.4. The lowest BCUT2D eigenvalue weighted by Crippen LogP contribution is -2.32. The van der Waals surface area contributed by atoms with Crippen molar-refractivity contribution in [2.45, 2.75) is 25.5 Å². The van der Waals surface area contributed by atoms with Gasteiger partial charge in [0.1, 0.15) is 4.91 Å². The molecule has 1 aliphatic heterocycles. The summed E-state index contributed by atoms with van der Waals surface area (Å²) in [6.07, 6.45) is 2.33. The number of carbonyl (C=O) groups excluding carboxylic acids is 1. The van der Waals surface area contributed by atoms with Gasteiger partial charge in [0.25, 0.3) is 5.91 Å². The number of hydrogen-bond acceptors (Lipinski definition) is 3. The van der Waals surface area contributed by atoms with Crippen molar-refractivity contribution >= 4 is 46.8 Å². The van der Waals surface area contributed by atoms with Crippen LogP contribution in [0.3, 0.4) is 0 Å². The summed E-state index contributed by atoms with van der Waals surface area (Å²) in [4.78, 5) is 27.1. The molecule has 3 rings (SSSR count). The predicted molar refractivity (Wildman–Crippen MR) is 123 cm³/mol. The van der Waals surface area contributed by atoms with E-state index in [0.29, 0.717) is 17.1 Å². The third-order valence-electron chi connectivity index (χ3n) is 4.68. The standard InChI is InChI=1S/C23H21Cl2NO3S/c1-14(2)10-11-26(22(27)17-9-8-16(24)12-18(17)25)19-13-20(30-21(19)23(28)29)15-6-4-3-5-7-15/h3-10,12,20H,11,13H2,1-2H3,(H,28,29). The van der Waals surface area contributed by atoms with Crippen LogP contribution < -0.4 is 0 Å². The largest absolute Gasteiger partial charge is 0.477 e. The lowest BCUT2D eigenvalue weighted by molar-refractivity contribution is -0.131. The highest BCUT2D eigenvalue weighted by molar-refractivity contribution is 8.04. The maximum Gasteiger partial charge on any atom is 0.343 e. The average Bonchev–Trinajstić information content (AvgIpc) is 3.14. The maximum absolute atomic E-state index is 13.4. The first-order valence-corrected chi connectivity index (χ1v) is 11.0. The molecular formula is C23H21Cl2NO3S.